The lowest BCUT2D eigenvalue weighted by Crippen LogP contribution is -2.41. The number of likely N-dealkylation sites (N-methyl/N-ethyl adjacent to an activating group) is 1. The number of aromatic amines is 2. The summed E-state index contributed by atoms with van der Waals surface area (Å²) in [6.07, 6.45) is 12.7. The van der Waals surface area contributed by atoms with E-state index in [0.29, 0.717) is 17.7 Å². The number of hydrogen-bond acceptors (Lipinski definition) is 7. The fourth-order valence-corrected chi connectivity index (χ4v) is 4.05. The maximum atomic E-state index is 12.2. The maximum absolute atomic E-state index is 12.2. The van der Waals surface area contributed by atoms with Gasteiger partial charge in [0.05, 0.1) is 34.4 Å². The van der Waals surface area contributed by atoms with Crippen LogP contribution in [-0.4, -0.2) is 65.9 Å². The molecule has 9 nitrogen and oxygen atoms in total. The van der Waals surface area contributed by atoms with Crippen LogP contribution in [0, 0.1) is 0 Å². The topological polar surface area (TPSA) is 116 Å². The number of rotatable bonds is 8. The number of aliphatic imine (C=N–C) groups is 1. The monoisotopic (exact) mass is 418 g/mol. The summed E-state index contributed by atoms with van der Waals surface area (Å²) in [5.41, 5.74) is 3.69. The first-order valence-electron chi connectivity index (χ1n) is 10.4. The second kappa shape index (κ2) is 8.73. The second-order valence-corrected chi connectivity index (χ2v) is 7.60. The molecule has 3 aromatic heterocycles. The molecule has 0 aromatic carbocycles. The average Bonchev–Trinajstić information content (AvgIpc) is 3.36. The predicted octanol–water partition coefficient (Wildman–Crippen LogP) is 2.13. The highest BCUT2D eigenvalue weighted by molar-refractivity contribution is 6.24. The summed E-state index contributed by atoms with van der Waals surface area (Å²) < 4.78 is 0. The Morgan fingerprint density at radius 1 is 1.06 bits per heavy atom. The summed E-state index contributed by atoms with van der Waals surface area (Å²) in [6.45, 7) is 8.82. The summed E-state index contributed by atoms with van der Waals surface area (Å²) >= 11 is 0. The minimum atomic E-state index is -0.545. The SMILES string of the molecule is CCN(CC)CC1(Cc2nccnc2-c2c[nH][nH]c2=O)C=C(c2cnccn2)C(C)=N1. The molecular formula is C22H26N8O. The van der Waals surface area contributed by atoms with Gasteiger partial charge >= 0.3 is 0 Å². The molecule has 0 radical (unpaired) electrons. The van der Waals surface area contributed by atoms with Gasteiger partial charge in [-0.2, -0.15) is 0 Å². The predicted molar refractivity (Wildman–Crippen MR) is 120 cm³/mol. The molecule has 1 unspecified atom stereocenters. The van der Waals surface area contributed by atoms with Crippen LogP contribution < -0.4 is 5.56 Å². The van der Waals surface area contributed by atoms with Crippen LogP contribution in [0.2, 0.25) is 0 Å². The van der Waals surface area contributed by atoms with E-state index in [-0.39, 0.29) is 5.56 Å². The number of nitrogens with zero attached hydrogens (tertiary/aromatic N) is 6. The average molecular weight is 419 g/mol. The highest BCUT2D eigenvalue weighted by Crippen LogP contribution is 2.34. The van der Waals surface area contributed by atoms with E-state index in [0.717, 1.165) is 42.3 Å². The fraction of sp³-hybridized carbons (Fsp3) is 0.364. The largest absolute Gasteiger partial charge is 0.305 e. The Labute approximate surface area is 180 Å². The molecule has 9 heteroatoms. The minimum absolute atomic E-state index is 0.221. The van der Waals surface area contributed by atoms with Crippen molar-refractivity contribution in [3.8, 4) is 11.3 Å². The zero-order valence-corrected chi connectivity index (χ0v) is 18.0. The van der Waals surface area contributed by atoms with Gasteiger partial charge in [0.1, 0.15) is 0 Å². The molecule has 2 N–H and O–H groups in total. The third-order valence-electron chi connectivity index (χ3n) is 5.57. The first-order valence-corrected chi connectivity index (χ1v) is 10.4. The van der Waals surface area contributed by atoms with Crippen molar-refractivity contribution in [2.45, 2.75) is 32.7 Å². The molecule has 0 fully saturated rings. The molecule has 4 rings (SSSR count). The minimum Gasteiger partial charge on any atom is -0.305 e. The number of aromatic nitrogens is 6. The van der Waals surface area contributed by atoms with Crippen LogP contribution in [0.25, 0.3) is 16.8 Å². The zero-order chi connectivity index (χ0) is 21.8. The van der Waals surface area contributed by atoms with E-state index < -0.39 is 5.54 Å². The standard InChI is InChI=1S/C22H26N8O/c1-4-30(5-2)14-22(10-16(15(3)28-22)19-13-23-6-7-25-19)11-18-20(26-9-8-24-18)17-12-27-29-21(17)31/h6-10,12-13H,4-5,11,14H2,1-3H3,(H2,27,29,31). The molecule has 0 spiro atoms. The van der Waals surface area contributed by atoms with Crippen LogP contribution in [0.5, 0.6) is 0 Å². The molecule has 4 heterocycles. The third kappa shape index (κ3) is 4.22. The smallest absolute Gasteiger partial charge is 0.273 e. The van der Waals surface area contributed by atoms with Crippen molar-refractivity contribution in [1.29, 1.82) is 0 Å². The molecule has 0 aliphatic carbocycles. The Balaban J connectivity index is 1.79. The Morgan fingerprint density at radius 2 is 1.84 bits per heavy atom. The molecular weight excluding hydrogens is 392 g/mol. The Morgan fingerprint density at radius 3 is 2.52 bits per heavy atom. The van der Waals surface area contributed by atoms with E-state index in [2.05, 4.69) is 55.0 Å². The summed E-state index contributed by atoms with van der Waals surface area (Å²) in [6, 6.07) is 0. The third-order valence-corrected chi connectivity index (χ3v) is 5.57. The molecule has 0 bridgehead atoms. The van der Waals surface area contributed by atoms with Gasteiger partial charge in [-0.25, -0.2) is 0 Å². The van der Waals surface area contributed by atoms with Gasteiger partial charge in [0.15, 0.2) is 0 Å². The summed E-state index contributed by atoms with van der Waals surface area (Å²) in [4.78, 5) is 37.4. The van der Waals surface area contributed by atoms with Gasteiger partial charge in [-0.3, -0.25) is 34.8 Å². The Bertz CT molecular complexity index is 1160. The molecule has 1 aliphatic rings. The van der Waals surface area contributed by atoms with Gasteiger partial charge in [0, 0.05) is 55.2 Å². The summed E-state index contributed by atoms with van der Waals surface area (Å²) in [5.74, 6) is 0. The van der Waals surface area contributed by atoms with E-state index >= 15 is 0 Å². The number of nitrogens with one attached hydrogen (secondary N) is 2. The number of hydrogen-bond donors (Lipinski definition) is 2. The van der Waals surface area contributed by atoms with Gasteiger partial charge in [0.2, 0.25) is 0 Å². The lowest BCUT2D eigenvalue weighted by atomic mass is 9.90. The van der Waals surface area contributed by atoms with Gasteiger partial charge in [-0.1, -0.05) is 13.8 Å². The first-order chi connectivity index (χ1) is 15.0. The normalized spacial score (nSPS) is 18.3. The second-order valence-electron chi connectivity index (χ2n) is 7.60. The highest BCUT2D eigenvalue weighted by Gasteiger charge is 2.37. The fourth-order valence-electron chi connectivity index (χ4n) is 4.05. The van der Waals surface area contributed by atoms with Crippen LogP contribution in [0.15, 0.2) is 53.0 Å². The maximum Gasteiger partial charge on any atom is 0.273 e. The molecule has 0 amide bonds. The summed E-state index contributed by atoms with van der Waals surface area (Å²) in [7, 11) is 0. The number of allylic oxidation sites excluding steroid dienone is 1. The van der Waals surface area contributed by atoms with E-state index in [9.17, 15) is 4.79 Å². The van der Waals surface area contributed by atoms with Crippen molar-refractivity contribution < 1.29 is 0 Å². The van der Waals surface area contributed by atoms with Gasteiger partial charge in [-0.15, -0.1) is 0 Å². The quantitative estimate of drug-likeness (QED) is 0.579. The van der Waals surface area contributed by atoms with Crippen molar-refractivity contribution in [2.75, 3.05) is 19.6 Å². The molecule has 160 valence electrons. The zero-order valence-electron chi connectivity index (χ0n) is 18.0. The lowest BCUT2D eigenvalue weighted by molar-refractivity contribution is 0.253. The highest BCUT2D eigenvalue weighted by atomic mass is 16.1. The number of H-pyrrole nitrogens is 2. The van der Waals surface area contributed by atoms with Gasteiger partial charge < -0.3 is 10.00 Å². The molecule has 1 aliphatic heterocycles. The van der Waals surface area contributed by atoms with Crippen molar-refractivity contribution in [3.05, 3.63) is 65.0 Å². The van der Waals surface area contributed by atoms with E-state index in [4.69, 9.17) is 4.99 Å². The van der Waals surface area contributed by atoms with Crippen LogP contribution in [0.3, 0.4) is 0 Å². The van der Waals surface area contributed by atoms with Crippen molar-refractivity contribution >= 4 is 11.3 Å². The van der Waals surface area contributed by atoms with Gasteiger partial charge in [0.25, 0.3) is 5.56 Å². The molecule has 0 saturated heterocycles. The van der Waals surface area contributed by atoms with E-state index in [1.54, 1.807) is 37.2 Å². The van der Waals surface area contributed by atoms with E-state index in [1.165, 1.54) is 0 Å². The lowest BCUT2D eigenvalue weighted by Gasteiger charge is -2.31. The van der Waals surface area contributed by atoms with Crippen molar-refractivity contribution in [1.82, 2.24) is 35.0 Å². The Kier molecular flexibility index (Phi) is 5.85. The molecule has 1 atom stereocenters. The molecule has 0 saturated carbocycles. The molecule has 3 aromatic rings. The van der Waals surface area contributed by atoms with E-state index in [1.807, 2.05) is 6.92 Å². The van der Waals surface area contributed by atoms with Crippen LogP contribution in [-0.2, 0) is 6.42 Å². The first kappa shape index (κ1) is 20.8. The van der Waals surface area contributed by atoms with Crippen molar-refractivity contribution in [3.63, 3.8) is 0 Å². The van der Waals surface area contributed by atoms with Crippen molar-refractivity contribution in [2.24, 2.45) is 4.99 Å². The Hall–Kier alpha value is -3.46. The van der Waals surface area contributed by atoms with Crippen LogP contribution in [0.1, 0.15) is 32.2 Å². The molecule has 31 heavy (non-hydrogen) atoms. The van der Waals surface area contributed by atoms with Crippen LogP contribution >= 0.6 is 0 Å². The van der Waals surface area contributed by atoms with Crippen LogP contribution in [0.4, 0.5) is 0 Å². The summed E-state index contributed by atoms with van der Waals surface area (Å²) in [5, 5.41) is 5.32. The van der Waals surface area contributed by atoms with Gasteiger partial charge in [-0.05, 0) is 26.1 Å².